The van der Waals surface area contributed by atoms with Crippen LogP contribution in [0.1, 0.15) is 25.3 Å². The standard InChI is InChI=1S/C14H20N2OS.ClH/c1-14(7-2-8-18-14)10-16-13(17)9-11-3-5-12(15)6-4-11;/h3-6H,2,7-10,15H2,1H3,(H,16,17);1H. The quantitative estimate of drug-likeness (QED) is 0.841. The first-order chi connectivity index (χ1) is 8.57. The van der Waals surface area contributed by atoms with Gasteiger partial charge in [-0.3, -0.25) is 4.79 Å². The van der Waals surface area contributed by atoms with E-state index in [0.717, 1.165) is 17.8 Å². The van der Waals surface area contributed by atoms with E-state index < -0.39 is 0 Å². The van der Waals surface area contributed by atoms with Crippen molar-refractivity contribution < 1.29 is 4.79 Å². The van der Waals surface area contributed by atoms with Crippen LogP contribution in [0.2, 0.25) is 0 Å². The summed E-state index contributed by atoms with van der Waals surface area (Å²) in [5.41, 5.74) is 7.35. The number of halogens is 1. The number of nitrogen functional groups attached to an aromatic ring is 1. The first-order valence-corrected chi connectivity index (χ1v) is 7.31. The summed E-state index contributed by atoms with van der Waals surface area (Å²) in [6, 6.07) is 7.47. The van der Waals surface area contributed by atoms with Gasteiger partial charge in [0.05, 0.1) is 6.42 Å². The summed E-state index contributed by atoms with van der Waals surface area (Å²) in [5.74, 6) is 1.30. The van der Waals surface area contributed by atoms with Gasteiger partial charge in [-0.25, -0.2) is 0 Å². The highest BCUT2D eigenvalue weighted by atomic mass is 35.5. The maximum Gasteiger partial charge on any atom is 0.224 e. The van der Waals surface area contributed by atoms with Gasteiger partial charge >= 0.3 is 0 Å². The van der Waals surface area contributed by atoms with E-state index >= 15 is 0 Å². The number of amides is 1. The molecule has 0 aliphatic carbocycles. The predicted molar refractivity (Wildman–Crippen MR) is 84.9 cm³/mol. The molecule has 0 saturated carbocycles. The summed E-state index contributed by atoms with van der Waals surface area (Å²) in [7, 11) is 0. The molecule has 1 atom stereocenters. The van der Waals surface area contributed by atoms with Crippen LogP contribution in [0.5, 0.6) is 0 Å². The van der Waals surface area contributed by atoms with E-state index in [9.17, 15) is 4.79 Å². The molecule has 106 valence electrons. The Morgan fingerprint density at radius 3 is 2.68 bits per heavy atom. The molecule has 1 aromatic rings. The summed E-state index contributed by atoms with van der Waals surface area (Å²) < 4.78 is 0.233. The minimum Gasteiger partial charge on any atom is -0.399 e. The van der Waals surface area contributed by atoms with Crippen LogP contribution in [-0.4, -0.2) is 23.0 Å². The Bertz CT molecular complexity index is 416. The number of carbonyl (C=O) groups excluding carboxylic acids is 1. The molecule has 0 bridgehead atoms. The molecule has 1 saturated heterocycles. The van der Waals surface area contributed by atoms with E-state index in [1.807, 2.05) is 36.0 Å². The van der Waals surface area contributed by atoms with Crippen LogP contribution in [0.25, 0.3) is 0 Å². The zero-order chi connectivity index (χ0) is 13.0. The lowest BCUT2D eigenvalue weighted by Gasteiger charge is -2.22. The van der Waals surface area contributed by atoms with Gasteiger partial charge in [-0.2, -0.15) is 11.8 Å². The molecule has 2 rings (SSSR count). The average Bonchev–Trinajstić information content (AvgIpc) is 2.78. The molecule has 19 heavy (non-hydrogen) atoms. The second-order valence-electron chi connectivity index (χ2n) is 5.10. The van der Waals surface area contributed by atoms with Gasteiger partial charge in [-0.15, -0.1) is 12.4 Å². The van der Waals surface area contributed by atoms with Crippen LogP contribution >= 0.6 is 24.2 Å². The maximum atomic E-state index is 11.8. The third kappa shape index (κ3) is 4.96. The smallest absolute Gasteiger partial charge is 0.224 e. The SMILES string of the molecule is CC1(CNC(=O)Cc2ccc(N)cc2)CCCS1.Cl. The average molecular weight is 301 g/mol. The fourth-order valence-electron chi connectivity index (χ4n) is 2.15. The highest BCUT2D eigenvalue weighted by Crippen LogP contribution is 2.36. The summed E-state index contributed by atoms with van der Waals surface area (Å²) in [5, 5.41) is 3.04. The van der Waals surface area contributed by atoms with E-state index in [4.69, 9.17) is 5.73 Å². The zero-order valence-electron chi connectivity index (χ0n) is 11.1. The summed E-state index contributed by atoms with van der Waals surface area (Å²) >= 11 is 1.96. The summed E-state index contributed by atoms with van der Waals surface area (Å²) in [6.07, 6.45) is 2.88. The molecule has 0 aromatic heterocycles. The Balaban J connectivity index is 0.00000180. The summed E-state index contributed by atoms with van der Waals surface area (Å²) in [4.78, 5) is 11.8. The molecule has 1 amide bonds. The van der Waals surface area contributed by atoms with Gasteiger partial charge in [0.25, 0.3) is 0 Å². The summed E-state index contributed by atoms with van der Waals surface area (Å²) in [6.45, 7) is 3.00. The van der Waals surface area contributed by atoms with E-state index in [1.54, 1.807) is 0 Å². The van der Waals surface area contributed by atoms with E-state index in [0.29, 0.717) is 6.42 Å². The number of hydrogen-bond donors (Lipinski definition) is 2. The fraction of sp³-hybridized carbons (Fsp3) is 0.500. The first kappa shape index (κ1) is 16.2. The minimum atomic E-state index is 0. The molecule has 3 nitrogen and oxygen atoms in total. The van der Waals surface area contributed by atoms with Gasteiger partial charge in [0.15, 0.2) is 0 Å². The third-order valence-corrected chi connectivity index (χ3v) is 4.84. The number of hydrogen-bond acceptors (Lipinski definition) is 3. The lowest BCUT2D eigenvalue weighted by Crippen LogP contribution is -2.37. The molecule has 3 N–H and O–H groups in total. The van der Waals surface area contributed by atoms with Crippen LogP contribution in [0.3, 0.4) is 0 Å². The second kappa shape index (κ2) is 7.06. The van der Waals surface area contributed by atoms with Gasteiger partial charge in [0, 0.05) is 17.0 Å². The number of nitrogens with one attached hydrogen (secondary N) is 1. The molecule has 0 radical (unpaired) electrons. The van der Waals surface area contributed by atoms with Crippen molar-refractivity contribution in [2.24, 2.45) is 0 Å². The van der Waals surface area contributed by atoms with Crippen molar-refractivity contribution in [3.63, 3.8) is 0 Å². The molecule has 1 heterocycles. The van der Waals surface area contributed by atoms with Crippen LogP contribution in [0.4, 0.5) is 5.69 Å². The van der Waals surface area contributed by atoms with Gasteiger partial charge in [0.2, 0.25) is 5.91 Å². The van der Waals surface area contributed by atoms with Crippen molar-refractivity contribution in [2.75, 3.05) is 18.0 Å². The van der Waals surface area contributed by atoms with Crippen molar-refractivity contribution in [1.29, 1.82) is 0 Å². The lowest BCUT2D eigenvalue weighted by atomic mass is 10.1. The number of anilines is 1. The van der Waals surface area contributed by atoms with Gasteiger partial charge < -0.3 is 11.1 Å². The topological polar surface area (TPSA) is 55.1 Å². The van der Waals surface area contributed by atoms with E-state index in [2.05, 4.69) is 12.2 Å². The Morgan fingerprint density at radius 2 is 2.11 bits per heavy atom. The maximum absolute atomic E-state index is 11.8. The molecule has 0 spiro atoms. The number of nitrogens with two attached hydrogens (primary N) is 1. The van der Waals surface area contributed by atoms with Gasteiger partial charge in [-0.1, -0.05) is 12.1 Å². The van der Waals surface area contributed by atoms with Gasteiger partial charge in [-0.05, 0) is 43.2 Å². The minimum absolute atomic E-state index is 0. The van der Waals surface area contributed by atoms with E-state index in [-0.39, 0.29) is 23.1 Å². The fourth-order valence-corrected chi connectivity index (χ4v) is 3.39. The van der Waals surface area contributed by atoms with Crippen LogP contribution in [-0.2, 0) is 11.2 Å². The molecule has 1 fully saturated rings. The molecule has 1 aromatic carbocycles. The Morgan fingerprint density at radius 1 is 1.42 bits per heavy atom. The number of thioether (sulfide) groups is 1. The number of carbonyl (C=O) groups is 1. The van der Waals surface area contributed by atoms with Crippen molar-refractivity contribution in [2.45, 2.75) is 30.9 Å². The van der Waals surface area contributed by atoms with Crippen molar-refractivity contribution in [3.05, 3.63) is 29.8 Å². The zero-order valence-corrected chi connectivity index (χ0v) is 12.8. The largest absolute Gasteiger partial charge is 0.399 e. The number of rotatable bonds is 4. The predicted octanol–water partition coefficient (Wildman–Crippen LogP) is 2.64. The molecular weight excluding hydrogens is 280 g/mol. The molecule has 5 heteroatoms. The van der Waals surface area contributed by atoms with E-state index in [1.165, 1.54) is 18.6 Å². The van der Waals surface area contributed by atoms with Crippen molar-refractivity contribution in [1.82, 2.24) is 5.32 Å². The molecule has 1 aliphatic heterocycles. The number of benzene rings is 1. The third-order valence-electron chi connectivity index (χ3n) is 3.30. The van der Waals surface area contributed by atoms with Crippen LogP contribution in [0.15, 0.2) is 24.3 Å². The normalized spacial score (nSPS) is 21.7. The Hall–Kier alpha value is -0.870. The lowest BCUT2D eigenvalue weighted by molar-refractivity contribution is -0.120. The highest BCUT2D eigenvalue weighted by Gasteiger charge is 2.29. The second-order valence-corrected chi connectivity index (χ2v) is 6.78. The first-order valence-electron chi connectivity index (χ1n) is 6.32. The Kier molecular flexibility index (Phi) is 6.01. The molecule has 1 aliphatic rings. The monoisotopic (exact) mass is 300 g/mol. The van der Waals surface area contributed by atoms with Gasteiger partial charge in [0.1, 0.15) is 0 Å². The molecule has 1 unspecified atom stereocenters. The highest BCUT2D eigenvalue weighted by molar-refractivity contribution is 8.00. The van der Waals surface area contributed by atoms with Crippen molar-refractivity contribution >= 4 is 35.8 Å². The van der Waals surface area contributed by atoms with Crippen LogP contribution in [0, 0.1) is 0 Å². The van der Waals surface area contributed by atoms with Crippen LogP contribution < -0.4 is 11.1 Å². The molecular formula is C14H21ClN2OS. The van der Waals surface area contributed by atoms with Crippen molar-refractivity contribution in [3.8, 4) is 0 Å². The Labute approximate surface area is 125 Å².